The topological polar surface area (TPSA) is 145 Å². The Morgan fingerprint density at radius 3 is 2.19 bits per heavy atom. The highest BCUT2D eigenvalue weighted by molar-refractivity contribution is 5.89. The van der Waals surface area contributed by atoms with Crippen LogP contribution in [0.2, 0.25) is 0 Å². The Kier molecular flexibility index (Phi) is 12.6. The Morgan fingerprint density at radius 2 is 1.62 bits per heavy atom. The number of aliphatic hydroxyl groups excluding tert-OH is 1. The van der Waals surface area contributed by atoms with Gasteiger partial charge in [-0.25, -0.2) is 4.79 Å². The normalized spacial score (nSPS) is 17.3. The molecule has 0 unspecified atom stereocenters. The van der Waals surface area contributed by atoms with Gasteiger partial charge in [0.2, 0.25) is 17.7 Å². The molecule has 9 nitrogen and oxygen atoms in total. The lowest BCUT2D eigenvalue weighted by Crippen LogP contribution is -2.50. The minimum absolute atomic E-state index is 0.00292. The fourth-order valence-electron chi connectivity index (χ4n) is 5.06. The summed E-state index contributed by atoms with van der Waals surface area (Å²) in [6.45, 7) is 3.83. The van der Waals surface area contributed by atoms with Crippen LogP contribution in [-0.4, -0.2) is 59.1 Å². The predicted octanol–water partition coefficient (Wildman–Crippen LogP) is 2.41. The van der Waals surface area contributed by atoms with E-state index in [-0.39, 0.29) is 24.7 Å². The third-order valence-electron chi connectivity index (χ3n) is 7.24. The fourth-order valence-corrected chi connectivity index (χ4v) is 5.06. The quantitative estimate of drug-likeness (QED) is 0.256. The van der Waals surface area contributed by atoms with Crippen molar-refractivity contribution >= 4 is 23.7 Å². The number of hydrogen-bond donors (Lipinski definition) is 5. The van der Waals surface area contributed by atoms with Crippen LogP contribution in [0.15, 0.2) is 30.3 Å². The van der Waals surface area contributed by atoms with Crippen LogP contribution in [0.4, 0.5) is 0 Å². The lowest BCUT2D eigenvalue weighted by Gasteiger charge is -2.32. The highest BCUT2D eigenvalue weighted by Gasteiger charge is 2.32. The van der Waals surface area contributed by atoms with Gasteiger partial charge in [-0.2, -0.15) is 0 Å². The maximum Gasteiger partial charge on any atom is 0.326 e. The summed E-state index contributed by atoms with van der Waals surface area (Å²) in [6, 6.07) is 6.92. The molecule has 5 N–H and O–H groups in total. The van der Waals surface area contributed by atoms with Gasteiger partial charge in [-0.15, -0.1) is 0 Å². The number of carbonyl (C=O) groups is 4. The van der Waals surface area contributed by atoms with Crippen molar-refractivity contribution in [1.82, 2.24) is 16.0 Å². The van der Waals surface area contributed by atoms with Gasteiger partial charge in [0, 0.05) is 13.0 Å². The Bertz CT molecular complexity index is 885. The summed E-state index contributed by atoms with van der Waals surface area (Å²) in [6.07, 6.45) is 4.72. The van der Waals surface area contributed by atoms with Gasteiger partial charge in [0.15, 0.2) is 0 Å². The van der Waals surface area contributed by atoms with Crippen molar-refractivity contribution in [2.45, 2.75) is 89.8 Å². The zero-order chi connectivity index (χ0) is 27.4. The molecule has 37 heavy (non-hydrogen) atoms. The van der Waals surface area contributed by atoms with Gasteiger partial charge in [-0.05, 0) is 30.2 Å². The average Bonchev–Trinajstić information content (AvgIpc) is 2.86. The van der Waals surface area contributed by atoms with Gasteiger partial charge in [0.05, 0.1) is 25.0 Å². The van der Waals surface area contributed by atoms with Crippen LogP contribution in [0.5, 0.6) is 0 Å². The second-order valence-electron chi connectivity index (χ2n) is 10.5. The van der Waals surface area contributed by atoms with E-state index >= 15 is 0 Å². The highest BCUT2D eigenvalue weighted by Crippen LogP contribution is 2.29. The Labute approximate surface area is 219 Å². The first-order valence-electron chi connectivity index (χ1n) is 13.4. The maximum absolute atomic E-state index is 12.9. The zero-order valence-electron chi connectivity index (χ0n) is 22.2. The number of rotatable bonds is 14. The minimum atomic E-state index is -1.39. The Hall–Kier alpha value is -2.94. The van der Waals surface area contributed by atoms with Gasteiger partial charge in [-0.1, -0.05) is 76.3 Å². The average molecular weight is 518 g/mol. The molecular weight excluding hydrogens is 474 g/mol. The highest BCUT2D eigenvalue weighted by atomic mass is 16.4. The standard InChI is InChI=1S/C28H43N3O6/c1-18(2)21(27(35)29-3)16-24(32)22(14-19-10-6-4-7-11-19)30-26(34)17-23(28(36)37)31-25(33)15-20-12-8-5-9-13-20/h5,8-9,12-13,18-19,21-24,32H,4,6-7,10-11,14-17H2,1-3H3,(H,29,35)(H,30,34)(H,31,33)(H,36,37)/t21-,22-,23-,24-/m0/s1. The van der Waals surface area contributed by atoms with E-state index in [1.807, 2.05) is 19.9 Å². The van der Waals surface area contributed by atoms with Crippen molar-refractivity contribution in [2.24, 2.45) is 17.8 Å². The van der Waals surface area contributed by atoms with E-state index < -0.39 is 48.3 Å². The van der Waals surface area contributed by atoms with Gasteiger partial charge in [-0.3, -0.25) is 14.4 Å². The summed E-state index contributed by atoms with van der Waals surface area (Å²) in [5, 5.41) is 28.7. The smallest absolute Gasteiger partial charge is 0.326 e. The van der Waals surface area contributed by atoms with Crippen LogP contribution in [0, 0.1) is 17.8 Å². The number of nitrogens with one attached hydrogen (secondary N) is 3. The van der Waals surface area contributed by atoms with Crippen LogP contribution in [0.25, 0.3) is 0 Å². The van der Waals surface area contributed by atoms with Gasteiger partial charge in [0.1, 0.15) is 6.04 Å². The van der Waals surface area contributed by atoms with E-state index in [2.05, 4.69) is 16.0 Å². The molecule has 9 heteroatoms. The lowest BCUT2D eigenvalue weighted by atomic mass is 9.81. The first-order valence-corrected chi connectivity index (χ1v) is 13.4. The number of aliphatic carboxylic acids is 1. The number of benzene rings is 1. The third-order valence-corrected chi connectivity index (χ3v) is 7.24. The summed E-state index contributed by atoms with van der Waals surface area (Å²) >= 11 is 0. The summed E-state index contributed by atoms with van der Waals surface area (Å²) in [5.74, 6) is -2.60. The first kappa shape index (κ1) is 30.3. The molecular formula is C28H43N3O6. The van der Waals surface area contributed by atoms with Crippen LogP contribution < -0.4 is 16.0 Å². The number of carbonyl (C=O) groups excluding carboxylic acids is 3. The van der Waals surface area contributed by atoms with Gasteiger partial charge >= 0.3 is 5.97 Å². The number of aliphatic hydroxyl groups is 1. The molecule has 0 saturated heterocycles. The second-order valence-corrected chi connectivity index (χ2v) is 10.5. The summed E-state index contributed by atoms with van der Waals surface area (Å²) in [7, 11) is 1.56. The van der Waals surface area contributed by atoms with E-state index in [0.717, 1.165) is 31.2 Å². The first-order chi connectivity index (χ1) is 17.6. The van der Waals surface area contributed by atoms with E-state index in [0.29, 0.717) is 12.3 Å². The van der Waals surface area contributed by atoms with Crippen molar-refractivity contribution in [3.63, 3.8) is 0 Å². The van der Waals surface area contributed by atoms with Crippen LogP contribution >= 0.6 is 0 Å². The Balaban J connectivity index is 2.06. The van der Waals surface area contributed by atoms with Gasteiger partial charge in [0.25, 0.3) is 0 Å². The van der Waals surface area contributed by atoms with Crippen molar-refractivity contribution < 1.29 is 29.4 Å². The van der Waals surface area contributed by atoms with E-state index in [4.69, 9.17) is 0 Å². The van der Waals surface area contributed by atoms with Crippen LogP contribution in [0.3, 0.4) is 0 Å². The lowest BCUT2D eigenvalue weighted by molar-refractivity contribution is -0.143. The minimum Gasteiger partial charge on any atom is -0.480 e. The van der Waals surface area contributed by atoms with Crippen LogP contribution in [0.1, 0.15) is 70.8 Å². The SMILES string of the molecule is CNC(=O)[C@@H](C[C@H](O)[C@H](CC1CCCCC1)NC(=O)C[C@H](NC(=O)Cc1ccccc1)C(=O)O)C(C)C. The van der Waals surface area contributed by atoms with E-state index in [1.54, 1.807) is 31.3 Å². The van der Waals surface area contributed by atoms with Crippen molar-refractivity contribution in [2.75, 3.05) is 7.05 Å². The molecule has 0 aliphatic heterocycles. The van der Waals surface area contributed by atoms with Crippen molar-refractivity contribution in [3.05, 3.63) is 35.9 Å². The molecule has 3 amide bonds. The van der Waals surface area contributed by atoms with Crippen LogP contribution in [-0.2, 0) is 25.6 Å². The Morgan fingerprint density at radius 1 is 0.973 bits per heavy atom. The molecule has 1 aromatic rings. The molecule has 1 aliphatic carbocycles. The molecule has 0 spiro atoms. The number of amides is 3. The predicted molar refractivity (Wildman–Crippen MR) is 140 cm³/mol. The van der Waals surface area contributed by atoms with E-state index in [1.165, 1.54) is 6.42 Å². The fraction of sp³-hybridized carbons (Fsp3) is 0.643. The van der Waals surface area contributed by atoms with Crippen molar-refractivity contribution in [3.8, 4) is 0 Å². The molecule has 0 radical (unpaired) electrons. The third kappa shape index (κ3) is 10.5. The molecule has 1 saturated carbocycles. The summed E-state index contributed by atoms with van der Waals surface area (Å²) < 4.78 is 0. The molecule has 0 bridgehead atoms. The molecule has 1 aliphatic rings. The molecule has 0 heterocycles. The summed E-state index contributed by atoms with van der Waals surface area (Å²) in [4.78, 5) is 49.5. The summed E-state index contributed by atoms with van der Waals surface area (Å²) in [5.41, 5.74) is 0.736. The molecule has 1 fully saturated rings. The monoisotopic (exact) mass is 517 g/mol. The molecule has 206 valence electrons. The number of carboxylic acid groups (broad SMARTS) is 1. The molecule has 0 aromatic heterocycles. The maximum atomic E-state index is 12.9. The largest absolute Gasteiger partial charge is 0.480 e. The molecule has 2 rings (SSSR count). The van der Waals surface area contributed by atoms with Gasteiger partial charge < -0.3 is 26.2 Å². The molecule has 1 aromatic carbocycles. The number of hydrogen-bond acceptors (Lipinski definition) is 5. The zero-order valence-corrected chi connectivity index (χ0v) is 22.2. The number of carboxylic acids is 1. The second kappa shape index (κ2) is 15.3. The molecule has 4 atom stereocenters. The van der Waals surface area contributed by atoms with E-state index in [9.17, 15) is 29.4 Å². The van der Waals surface area contributed by atoms with Crippen molar-refractivity contribution in [1.29, 1.82) is 0 Å².